The van der Waals surface area contributed by atoms with Crippen molar-refractivity contribution in [2.45, 2.75) is 13.0 Å². The lowest BCUT2D eigenvalue weighted by atomic mass is 10.1. The molecule has 1 N–H and O–H groups in total. The monoisotopic (exact) mass is 340 g/mol. The normalized spacial score (nSPS) is 12.0. The number of hydrogen-bond donors (Lipinski definition) is 1. The van der Waals surface area contributed by atoms with Crippen LogP contribution < -0.4 is 10.1 Å². The van der Waals surface area contributed by atoms with E-state index in [0.717, 1.165) is 20.7 Å². The van der Waals surface area contributed by atoms with Crippen molar-refractivity contribution in [1.82, 2.24) is 4.98 Å². The summed E-state index contributed by atoms with van der Waals surface area (Å²) >= 11 is 9.65. The molecule has 0 saturated heterocycles. The molecule has 0 radical (unpaired) electrons. The highest BCUT2D eigenvalue weighted by Gasteiger charge is 2.12. The zero-order valence-corrected chi connectivity index (χ0v) is 13.0. The van der Waals surface area contributed by atoms with Gasteiger partial charge in [-0.3, -0.25) is 0 Å². The van der Waals surface area contributed by atoms with Gasteiger partial charge in [0.1, 0.15) is 0 Å². The molecule has 3 nitrogen and oxygen atoms in total. The molecule has 1 aromatic carbocycles. The van der Waals surface area contributed by atoms with Crippen molar-refractivity contribution in [3.63, 3.8) is 0 Å². The molecule has 2 aromatic rings. The van der Waals surface area contributed by atoms with E-state index in [1.807, 2.05) is 37.3 Å². The van der Waals surface area contributed by atoms with Crippen LogP contribution in [-0.4, -0.2) is 12.1 Å². The van der Waals surface area contributed by atoms with Crippen LogP contribution in [0.3, 0.4) is 0 Å². The second-order valence-electron chi connectivity index (χ2n) is 4.09. The molecule has 1 atom stereocenters. The predicted octanol–water partition coefficient (Wildman–Crippen LogP) is 4.68. The second kappa shape index (κ2) is 6.26. The Morgan fingerprint density at radius 1 is 1.37 bits per heavy atom. The molecule has 0 aliphatic heterocycles. The molecule has 2 rings (SSSR count). The zero-order chi connectivity index (χ0) is 13.8. The summed E-state index contributed by atoms with van der Waals surface area (Å²) in [5, 5.41) is 4.07. The minimum absolute atomic E-state index is 0.0544. The van der Waals surface area contributed by atoms with Gasteiger partial charge in [-0.1, -0.05) is 33.6 Å². The Labute approximate surface area is 126 Å². The van der Waals surface area contributed by atoms with Crippen LogP contribution in [0.5, 0.6) is 5.88 Å². The summed E-state index contributed by atoms with van der Waals surface area (Å²) in [7, 11) is 1.60. The van der Waals surface area contributed by atoms with Crippen LogP contribution in [0.15, 0.2) is 41.0 Å². The summed E-state index contributed by atoms with van der Waals surface area (Å²) < 4.78 is 6.18. The van der Waals surface area contributed by atoms with Crippen molar-refractivity contribution >= 4 is 33.2 Å². The maximum atomic E-state index is 6.25. The van der Waals surface area contributed by atoms with Crippen molar-refractivity contribution in [1.29, 1.82) is 0 Å². The van der Waals surface area contributed by atoms with Gasteiger partial charge < -0.3 is 10.1 Å². The summed E-state index contributed by atoms with van der Waals surface area (Å²) in [5.41, 5.74) is 1.87. The number of methoxy groups -OCH3 is 1. The lowest BCUT2D eigenvalue weighted by molar-refractivity contribution is 0.399. The quantitative estimate of drug-likeness (QED) is 0.877. The van der Waals surface area contributed by atoms with Crippen LogP contribution in [0.25, 0.3) is 0 Å². The topological polar surface area (TPSA) is 34.1 Å². The maximum absolute atomic E-state index is 6.25. The van der Waals surface area contributed by atoms with E-state index in [4.69, 9.17) is 16.3 Å². The number of ether oxygens (including phenoxy) is 1. The average molecular weight is 342 g/mol. The van der Waals surface area contributed by atoms with Gasteiger partial charge in [-0.25, -0.2) is 4.98 Å². The van der Waals surface area contributed by atoms with Gasteiger partial charge in [0.2, 0.25) is 5.88 Å². The third-order valence-corrected chi connectivity index (χ3v) is 3.59. The fourth-order valence-electron chi connectivity index (χ4n) is 1.83. The molecular weight excluding hydrogens is 328 g/mol. The van der Waals surface area contributed by atoms with Crippen LogP contribution in [0.4, 0.5) is 5.69 Å². The standard InChI is InChI=1S/C14H14BrClN2O/c1-9(11-6-5-10(15)8-12(11)16)18-13-4-3-7-17-14(13)19-2/h3-9,18H,1-2H3. The van der Waals surface area contributed by atoms with E-state index in [0.29, 0.717) is 5.88 Å². The number of nitrogens with one attached hydrogen (secondary N) is 1. The first-order valence-electron chi connectivity index (χ1n) is 5.82. The van der Waals surface area contributed by atoms with E-state index in [1.54, 1.807) is 13.3 Å². The van der Waals surface area contributed by atoms with Crippen LogP contribution in [-0.2, 0) is 0 Å². The molecule has 0 spiro atoms. The highest BCUT2D eigenvalue weighted by Crippen LogP contribution is 2.30. The third-order valence-electron chi connectivity index (χ3n) is 2.77. The Balaban J connectivity index is 2.23. The lowest BCUT2D eigenvalue weighted by Gasteiger charge is -2.18. The van der Waals surface area contributed by atoms with E-state index in [2.05, 4.69) is 26.2 Å². The fraction of sp³-hybridized carbons (Fsp3) is 0.214. The number of nitrogens with zero attached hydrogens (tertiary/aromatic N) is 1. The molecule has 19 heavy (non-hydrogen) atoms. The average Bonchev–Trinajstić information content (AvgIpc) is 2.39. The van der Waals surface area contributed by atoms with Crippen molar-refractivity contribution in [2.75, 3.05) is 12.4 Å². The molecule has 5 heteroatoms. The fourth-order valence-corrected chi connectivity index (χ4v) is 2.66. The van der Waals surface area contributed by atoms with E-state index >= 15 is 0 Å². The van der Waals surface area contributed by atoms with Gasteiger partial charge >= 0.3 is 0 Å². The molecule has 0 bridgehead atoms. The van der Waals surface area contributed by atoms with Gasteiger partial charge in [0, 0.05) is 15.7 Å². The van der Waals surface area contributed by atoms with Crippen molar-refractivity contribution in [3.05, 3.63) is 51.6 Å². The lowest BCUT2D eigenvalue weighted by Crippen LogP contribution is -2.08. The second-order valence-corrected chi connectivity index (χ2v) is 5.41. The van der Waals surface area contributed by atoms with Crippen LogP contribution in [0.2, 0.25) is 5.02 Å². The van der Waals surface area contributed by atoms with Gasteiger partial charge in [0.05, 0.1) is 18.8 Å². The zero-order valence-electron chi connectivity index (χ0n) is 10.7. The van der Waals surface area contributed by atoms with Crippen molar-refractivity contribution in [2.24, 2.45) is 0 Å². The molecule has 1 aromatic heterocycles. The minimum atomic E-state index is 0.0544. The molecule has 0 aliphatic carbocycles. The largest absolute Gasteiger partial charge is 0.480 e. The highest BCUT2D eigenvalue weighted by atomic mass is 79.9. The smallest absolute Gasteiger partial charge is 0.237 e. The Morgan fingerprint density at radius 3 is 2.84 bits per heavy atom. The molecular formula is C14H14BrClN2O. The first kappa shape index (κ1) is 14.2. The van der Waals surface area contributed by atoms with Gasteiger partial charge in [0.15, 0.2) is 0 Å². The Morgan fingerprint density at radius 2 is 2.16 bits per heavy atom. The number of pyridine rings is 1. The Hall–Kier alpha value is -1.26. The van der Waals surface area contributed by atoms with E-state index in [1.165, 1.54) is 0 Å². The predicted molar refractivity (Wildman–Crippen MR) is 82.0 cm³/mol. The Bertz CT molecular complexity index is 577. The third kappa shape index (κ3) is 3.39. The number of aromatic nitrogens is 1. The minimum Gasteiger partial charge on any atom is -0.480 e. The number of rotatable bonds is 4. The summed E-state index contributed by atoms with van der Waals surface area (Å²) in [6.07, 6.45) is 1.70. The summed E-state index contributed by atoms with van der Waals surface area (Å²) in [4.78, 5) is 4.16. The van der Waals surface area contributed by atoms with E-state index < -0.39 is 0 Å². The van der Waals surface area contributed by atoms with Crippen LogP contribution >= 0.6 is 27.5 Å². The number of halogens is 2. The number of hydrogen-bond acceptors (Lipinski definition) is 3. The van der Waals surface area contributed by atoms with Crippen molar-refractivity contribution < 1.29 is 4.74 Å². The molecule has 1 heterocycles. The summed E-state index contributed by atoms with van der Waals surface area (Å²) in [5.74, 6) is 0.572. The molecule has 0 amide bonds. The summed E-state index contributed by atoms with van der Waals surface area (Å²) in [6.45, 7) is 2.04. The first-order chi connectivity index (χ1) is 9.11. The first-order valence-corrected chi connectivity index (χ1v) is 6.99. The SMILES string of the molecule is COc1ncccc1NC(C)c1ccc(Br)cc1Cl. The van der Waals surface area contributed by atoms with Crippen LogP contribution in [0, 0.1) is 0 Å². The molecule has 0 fully saturated rings. The molecule has 0 saturated carbocycles. The molecule has 1 unspecified atom stereocenters. The van der Waals surface area contributed by atoms with E-state index in [9.17, 15) is 0 Å². The van der Waals surface area contributed by atoms with Gasteiger partial charge in [-0.2, -0.15) is 0 Å². The maximum Gasteiger partial charge on any atom is 0.237 e. The highest BCUT2D eigenvalue weighted by molar-refractivity contribution is 9.10. The van der Waals surface area contributed by atoms with Crippen LogP contribution in [0.1, 0.15) is 18.5 Å². The molecule has 0 aliphatic rings. The number of anilines is 1. The van der Waals surface area contributed by atoms with Gasteiger partial charge in [-0.05, 0) is 36.8 Å². The molecule has 100 valence electrons. The number of benzene rings is 1. The Kier molecular flexibility index (Phi) is 4.66. The van der Waals surface area contributed by atoms with E-state index in [-0.39, 0.29) is 6.04 Å². The van der Waals surface area contributed by atoms with Gasteiger partial charge in [0.25, 0.3) is 0 Å². The summed E-state index contributed by atoms with van der Waals surface area (Å²) in [6, 6.07) is 9.69. The van der Waals surface area contributed by atoms with Crippen molar-refractivity contribution in [3.8, 4) is 5.88 Å². The van der Waals surface area contributed by atoms with Gasteiger partial charge in [-0.15, -0.1) is 0 Å².